The predicted octanol–water partition coefficient (Wildman–Crippen LogP) is 3.52. The molecule has 1 unspecified atom stereocenters. The lowest BCUT2D eigenvalue weighted by molar-refractivity contribution is 0.181. The van der Waals surface area contributed by atoms with Gasteiger partial charge in [0.2, 0.25) is 0 Å². The van der Waals surface area contributed by atoms with Crippen LogP contribution in [0.2, 0.25) is 0 Å². The number of aromatic nitrogens is 2. The molecular formula is C22H32N4. The Morgan fingerprint density at radius 3 is 2.54 bits per heavy atom. The standard InChI is InChI=1S/C22H32N4/c1-2-25-11-8-19(16-25)17-26-12-9-20(10-13-26)22-15-21(23-24-22)14-18-6-4-3-5-7-18/h3-7,15,19-20H,2,8-14,16-17H2,1H3,(H,23,24). The third kappa shape index (κ3) is 4.36. The number of nitrogens with one attached hydrogen (secondary N) is 1. The van der Waals surface area contributed by atoms with Gasteiger partial charge in [0, 0.05) is 31.1 Å². The number of benzene rings is 1. The fraction of sp³-hybridized carbons (Fsp3) is 0.591. The van der Waals surface area contributed by atoms with Gasteiger partial charge in [-0.05, 0) is 63.0 Å². The summed E-state index contributed by atoms with van der Waals surface area (Å²) in [7, 11) is 0. The van der Waals surface area contributed by atoms with Crippen LogP contribution in [0.15, 0.2) is 36.4 Å². The SMILES string of the molecule is CCN1CCC(CN2CCC(c3cc(Cc4ccccc4)[nH]n3)CC2)C1. The Morgan fingerprint density at radius 1 is 1.04 bits per heavy atom. The minimum atomic E-state index is 0.628. The fourth-order valence-electron chi connectivity index (χ4n) is 4.62. The zero-order valence-electron chi connectivity index (χ0n) is 16.0. The Bertz CT molecular complexity index is 672. The molecule has 0 bridgehead atoms. The quantitative estimate of drug-likeness (QED) is 0.864. The van der Waals surface area contributed by atoms with E-state index >= 15 is 0 Å². The third-order valence-electron chi connectivity index (χ3n) is 6.23. The predicted molar refractivity (Wildman–Crippen MR) is 106 cm³/mol. The number of H-pyrrole nitrogens is 1. The smallest absolute Gasteiger partial charge is 0.0656 e. The lowest BCUT2D eigenvalue weighted by atomic mass is 9.92. The summed E-state index contributed by atoms with van der Waals surface area (Å²) < 4.78 is 0. The highest BCUT2D eigenvalue weighted by atomic mass is 15.2. The molecule has 0 amide bonds. The van der Waals surface area contributed by atoms with Gasteiger partial charge in [-0.3, -0.25) is 5.10 Å². The van der Waals surface area contributed by atoms with Crippen molar-refractivity contribution in [2.75, 3.05) is 39.3 Å². The van der Waals surface area contributed by atoms with Gasteiger partial charge in [-0.2, -0.15) is 5.10 Å². The molecule has 2 aliphatic heterocycles. The molecule has 1 aromatic carbocycles. The summed E-state index contributed by atoms with van der Waals surface area (Å²) in [5, 5.41) is 7.90. The molecule has 1 N–H and O–H groups in total. The molecule has 0 aliphatic carbocycles. The first kappa shape index (κ1) is 17.7. The second kappa shape index (κ2) is 8.36. The second-order valence-corrected chi connectivity index (χ2v) is 8.10. The minimum absolute atomic E-state index is 0.628. The van der Waals surface area contributed by atoms with E-state index in [1.54, 1.807) is 0 Å². The largest absolute Gasteiger partial charge is 0.303 e. The topological polar surface area (TPSA) is 35.2 Å². The molecule has 1 aromatic heterocycles. The summed E-state index contributed by atoms with van der Waals surface area (Å²) in [6.45, 7) is 9.85. The van der Waals surface area contributed by atoms with Gasteiger partial charge in [-0.1, -0.05) is 37.3 Å². The molecule has 2 aliphatic rings. The van der Waals surface area contributed by atoms with Crippen LogP contribution in [-0.2, 0) is 6.42 Å². The van der Waals surface area contributed by atoms with Gasteiger partial charge in [-0.15, -0.1) is 0 Å². The zero-order valence-corrected chi connectivity index (χ0v) is 16.0. The highest BCUT2D eigenvalue weighted by molar-refractivity contribution is 5.23. The van der Waals surface area contributed by atoms with Crippen LogP contribution in [-0.4, -0.2) is 59.3 Å². The van der Waals surface area contributed by atoms with Crippen LogP contribution >= 0.6 is 0 Å². The lowest BCUT2D eigenvalue weighted by Gasteiger charge is -2.32. The van der Waals surface area contributed by atoms with E-state index in [9.17, 15) is 0 Å². The number of hydrogen-bond donors (Lipinski definition) is 1. The molecule has 26 heavy (non-hydrogen) atoms. The summed E-state index contributed by atoms with van der Waals surface area (Å²) in [5.74, 6) is 1.51. The van der Waals surface area contributed by atoms with Crippen LogP contribution in [0.4, 0.5) is 0 Å². The number of aromatic amines is 1. The molecule has 4 heteroatoms. The van der Waals surface area contributed by atoms with E-state index in [4.69, 9.17) is 0 Å². The summed E-state index contributed by atoms with van der Waals surface area (Å²) in [4.78, 5) is 5.28. The first-order valence-corrected chi connectivity index (χ1v) is 10.3. The van der Waals surface area contributed by atoms with Crippen molar-refractivity contribution in [3.05, 3.63) is 53.3 Å². The summed E-state index contributed by atoms with van der Waals surface area (Å²) in [6.07, 6.45) is 4.83. The van der Waals surface area contributed by atoms with Gasteiger partial charge >= 0.3 is 0 Å². The number of rotatable bonds is 6. The van der Waals surface area contributed by atoms with Crippen LogP contribution in [0.1, 0.15) is 49.1 Å². The molecule has 3 heterocycles. The van der Waals surface area contributed by atoms with E-state index in [1.165, 1.54) is 75.5 Å². The Kier molecular flexibility index (Phi) is 5.71. The molecular weight excluding hydrogens is 320 g/mol. The third-order valence-corrected chi connectivity index (χ3v) is 6.23. The first-order valence-electron chi connectivity index (χ1n) is 10.3. The highest BCUT2D eigenvalue weighted by Gasteiger charge is 2.27. The van der Waals surface area contributed by atoms with Gasteiger partial charge in [0.25, 0.3) is 0 Å². The van der Waals surface area contributed by atoms with Crippen LogP contribution in [0.5, 0.6) is 0 Å². The van der Waals surface area contributed by atoms with Crippen molar-refractivity contribution in [1.29, 1.82) is 0 Å². The van der Waals surface area contributed by atoms with Crippen molar-refractivity contribution in [3.63, 3.8) is 0 Å². The molecule has 140 valence electrons. The summed E-state index contributed by atoms with van der Waals surface area (Å²) in [6, 6.07) is 12.9. The van der Waals surface area contributed by atoms with Crippen LogP contribution in [0.3, 0.4) is 0 Å². The van der Waals surface area contributed by atoms with Gasteiger partial charge in [0.1, 0.15) is 0 Å². The van der Waals surface area contributed by atoms with Gasteiger partial charge < -0.3 is 9.80 Å². The number of nitrogens with zero attached hydrogens (tertiary/aromatic N) is 3. The second-order valence-electron chi connectivity index (χ2n) is 8.10. The zero-order chi connectivity index (χ0) is 17.8. The van der Waals surface area contributed by atoms with Crippen LogP contribution < -0.4 is 0 Å². The normalized spacial score (nSPS) is 22.9. The molecule has 4 nitrogen and oxygen atoms in total. The lowest BCUT2D eigenvalue weighted by Crippen LogP contribution is -2.37. The molecule has 1 atom stereocenters. The van der Waals surface area contributed by atoms with E-state index in [2.05, 4.69) is 63.3 Å². The Hall–Kier alpha value is -1.65. The Morgan fingerprint density at radius 2 is 1.81 bits per heavy atom. The van der Waals surface area contributed by atoms with Gasteiger partial charge in [0.15, 0.2) is 0 Å². The number of likely N-dealkylation sites (tertiary alicyclic amines) is 2. The maximum atomic E-state index is 4.64. The highest BCUT2D eigenvalue weighted by Crippen LogP contribution is 2.28. The average Bonchev–Trinajstić information content (AvgIpc) is 3.33. The number of hydrogen-bond acceptors (Lipinski definition) is 3. The van der Waals surface area contributed by atoms with E-state index < -0.39 is 0 Å². The fourth-order valence-corrected chi connectivity index (χ4v) is 4.62. The van der Waals surface area contributed by atoms with Gasteiger partial charge in [-0.25, -0.2) is 0 Å². The van der Waals surface area contributed by atoms with Crippen LogP contribution in [0, 0.1) is 5.92 Å². The van der Waals surface area contributed by atoms with Crippen molar-refractivity contribution in [3.8, 4) is 0 Å². The molecule has 0 spiro atoms. The molecule has 0 saturated carbocycles. The molecule has 4 rings (SSSR count). The van der Waals surface area contributed by atoms with Crippen molar-refractivity contribution in [1.82, 2.24) is 20.0 Å². The summed E-state index contributed by atoms with van der Waals surface area (Å²) in [5.41, 5.74) is 3.85. The van der Waals surface area contributed by atoms with Crippen molar-refractivity contribution in [2.24, 2.45) is 5.92 Å². The van der Waals surface area contributed by atoms with E-state index in [1.807, 2.05) is 0 Å². The maximum Gasteiger partial charge on any atom is 0.0656 e. The van der Waals surface area contributed by atoms with E-state index in [0.29, 0.717) is 5.92 Å². The monoisotopic (exact) mass is 352 g/mol. The van der Waals surface area contributed by atoms with Crippen molar-refractivity contribution >= 4 is 0 Å². The van der Waals surface area contributed by atoms with E-state index in [0.717, 1.165) is 12.3 Å². The van der Waals surface area contributed by atoms with Gasteiger partial charge in [0.05, 0.1) is 5.69 Å². The summed E-state index contributed by atoms with van der Waals surface area (Å²) >= 11 is 0. The first-order chi connectivity index (χ1) is 12.8. The minimum Gasteiger partial charge on any atom is -0.303 e. The van der Waals surface area contributed by atoms with Crippen molar-refractivity contribution < 1.29 is 0 Å². The number of piperidine rings is 1. The van der Waals surface area contributed by atoms with Crippen LogP contribution in [0.25, 0.3) is 0 Å². The molecule has 2 aromatic rings. The van der Waals surface area contributed by atoms with E-state index in [-0.39, 0.29) is 0 Å². The average molecular weight is 353 g/mol. The van der Waals surface area contributed by atoms with Crippen molar-refractivity contribution in [2.45, 2.75) is 38.5 Å². The molecule has 2 saturated heterocycles. The molecule has 0 radical (unpaired) electrons. The molecule has 2 fully saturated rings. The Balaban J connectivity index is 1.26. The Labute approximate surface area is 157 Å². The maximum absolute atomic E-state index is 4.64.